The molecule has 0 aromatic heterocycles. The molecule has 1 atom stereocenters. The maximum absolute atomic E-state index is 12.2. The number of anilines is 1. The number of likely N-dealkylation sites (tertiary alicyclic amines) is 1. The van der Waals surface area contributed by atoms with Gasteiger partial charge >= 0.3 is 0 Å². The van der Waals surface area contributed by atoms with Crippen LogP contribution in [0.2, 0.25) is 0 Å². The number of nitrogens with zero attached hydrogens (tertiary/aromatic N) is 2. The van der Waals surface area contributed by atoms with Crippen LogP contribution < -0.4 is 11.1 Å². The lowest BCUT2D eigenvalue weighted by Gasteiger charge is -2.16. The van der Waals surface area contributed by atoms with Gasteiger partial charge in [0, 0.05) is 37.7 Å². The van der Waals surface area contributed by atoms with Crippen molar-refractivity contribution in [3.05, 3.63) is 65.2 Å². The fraction of sp³-hybridized carbons (Fsp3) is 0.364. The number of guanidine groups is 1. The van der Waals surface area contributed by atoms with Gasteiger partial charge in [-0.1, -0.05) is 36.4 Å². The van der Waals surface area contributed by atoms with Crippen LogP contribution in [0.5, 0.6) is 0 Å². The molecule has 1 aliphatic heterocycles. The van der Waals surface area contributed by atoms with Crippen molar-refractivity contribution in [2.45, 2.75) is 26.7 Å². The van der Waals surface area contributed by atoms with E-state index in [2.05, 4.69) is 48.4 Å². The number of nitrogens with two attached hydrogens (primary N) is 1. The fourth-order valence-electron chi connectivity index (χ4n) is 3.34. The Labute approximate surface area is 184 Å². The second kappa shape index (κ2) is 10.5. The topological polar surface area (TPSA) is 70.7 Å². The molecule has 0 spiro atoms. The number of aryl methyl sites for hydroxylation is 2. The molecule has 5 nitrogen and oxygen atoms in total. The Morgan fingerprint density at radius 2 is 1.93 bits per heavy atom. The number of rotatable bonds is 6. The van der Waals surface area contributed by atoms with Crippen LogP contribution in [-0.2, 0) is 11.2 Å². The van der Waals surface area contributed by atoms with Crippen molar-refractivity contribution in [2.24, 2.45) is 16.6 Å². The molecule has 1 aliphatic rings. The zero-order chi connectivity index (χ0) is 19.2. The molecule has 1 heterocycles. The summed E-state index contributed by atoms with van der Waals surface area (Å²) in [6.45, 7) is 6.24. The quantitative estimate of drug-likeness (QED) is 0.367. The summed E-state index contributed by atoms with van der Waals surface area (Å²) in [4.78, 5) is 18.6. The van der Waals surface area contributed by atoms with Crippen molar-refractivity contribution < 1.29 is 4.79 Å². The van der Waals surface area contributed by atoms with E-state index in [0.29, 0.717) is 18.9 Å². The molecule has 1 saturated heterocycles. The largest absolute Gasteiger partial charge is 0.370 e. The van der Waals surface area contributed by atoms with Gasteiger partial charge in [-0.15, -0.1) is 24.0 Å². The van der Waals surface area contributed by atoms with Gasteiger partial charge in [0.05, 0.1) is 0 Å². The molecule has 28 heavy (non-hydrogen) atoms. The SMILES string of the molecule is Cc1ccc(NC(N)=NCC2CC(=O)N(CCc3ccccc3)C2)cc1C.I. The normalized spacial score (nSPS) is 16.8. The van der Waals surface area contributed by atoms with Crippen molar-refractivity contribution in [2.75, 3.05) is 25.0 Å². The zero-order valence-corrected chi connectivity index (χ0v) is 18.9. The Bertz CT molecular complexity index is 823. The van der Waals surface area contributed by atoms with E-state index in [-0.39, 0.29) is 35.8 Å². The third-order valence-corrected chi connectivity index (χ3v) is 5.11. The standard InChI is InChI=1S/C22H28N4O.HI/c1-16-8-9-20(12-17(16)2)25-22(23)24-14-19-13-21(27)26(15-19)11-10-18-6-4-3-5-7-18;/h3-9,12,19H,10-11,13-15H2,1-2H3,(H3,23,24,25);1H. The van der Waals surface area contributed by atoms with Gasteiger partial charge in [-0.2, -0.15) is 0 Å². The Morgan fingerprint density at radius 1 is 1.18 bits per heavy atom. The number of carbonyl (C=O) groups is 1. The number of halogens is 1. The molecule has 2 aromatic rings. The molecule has 1 amide bonds. The summed E-state index contributed by atoms with van der Waals surface area (Å²) in [7, 11) is 0. The number of aliphatic imine (C=N–C) groups is 1. The first-order valence-electron chi connectivity index (χ1n) is 9.47. The minimum atomic E-state index is 0. The van der Waals surface area contributed by atoms with E-state index in [9.17, 15) is 4.79 Å². The summed E-state index contributed by atoms with van der Waals surface area (Å²) in [5.41, 5.74) is 10.7. The number of amides is 1. The smallest absolute Gasteiger partial charge is 0.223 e. The maximum Gasteiger partial charge on any atom is 0.223 e. The van der Waals surface area contributed by atoms with Crippen LogP contribution >= 0.6 is 24.0 Å². The molecule has 0 radical (unpaired) electrons. The van der Waals surface area contributed by atoms with Gasteiger partial charge in [-0.25, -0.2) is 0 Å². The van der Waals surface area contributed by atoms with E-state index in [1.165, 1.54) is 16.7 Å². The van der Waals surface area contributed by atoms with Crippen LogP contribution in [0.15, 0.2) is 53.5 Å². The predicted molar refractivity (Wildman–Crippen MR) is 126 cm³/mol. The Kier molecular flexibility index (Phi) is 8.29. The Morgan fingerprint density at radius 3 is 2.64 bits per heavy atom. The molecular weight excluding hydrogens is 463 g/mol. The van der Waals surface area contributed by atoms with E-state index in [1.54, 1.807) is 0 Å². The van der Waals surface area contributed by atoms with E-state index < -0.39 is 0 Å². The fourth-order valence-corrected chi connectivity index (χ4v) is 3.34. The lowest BCUT2D eigenvalue weighted by atomic mass is 10.1. The number of hydrogen-bond donors (Lipinski definition) is 2. The highest BCUT2D eigenvalue weighted by Gasteiger charge is 2.28. The van der Waals surface area contributed by atoms with Gasteiger partial charge < -0.3 is 16.0 Å². The predicted octanol–water partition coefficient (Wildman–Crippen LogP) is 3.74. The molecular formula is C22H29IN4O. The summed E-state index contributed by atoms with van der Waals surface area (Å²) in [5, 5.41) is 3.13. The number of nitrogens with one attached hydrogen (secondary N) is 1. The van der Waals surface area contributed by atoms with Crippen LogP contribution in [0.1, 0.15) is 23.1 Å². The maximum atomic E-state index is 12.2. The highest BCUT2D eigenvalue weighted by Crippen LogP contribution is 2.19. The first-order valence-corrected chi connectivity index (χ1v) is 9.47. The average molecular weight is 492 g/mol. The first kappa shape index (κ1) is 22.2. The number of carbonyl (C=O) groups excluding carboxylic acids is 1. The second-order valence-electron chi connectivity index (χ2n) is 7.30. The van der Waals surface area contributed by atoms with Gasteiger partial charge in [-0.3, -0.25) is 9.79 Å². The molecule has 0 bridgehead atoms. The molecule has 3 rings (SSSR count). The highest BCUT2D eigenvalue weighted by molar-refractivity contribution is 14.0. The van der Waals surface area contributed by atoms with Gasteiger partial charge in [0.1, 0.15) is 0 Å². The van der Waals surface area contributed by atoms with Gasteiger partial charge in [0.2, 0.25) is 5.91 Å². The van der Waals surface area contributed by atoms with Crippen molar-refractivity contribution in [1.82, 2.24) is 4.90 Å². The van der Waals surface area contributed by atoms with Crippen LogP contribution in [0.25, 0.3) is 0 Å². The molecule has 150 valence electrons. The summed E-state index contributed by atoms with van der Waals surface area (Å²) in [5.74, 6) is 0.841. The number of benzene rings is 2. The lowest BCUT2D eigenvalue weighted by Crippen LogP contribution is -2.28. The third kappa shape index (κ3) is 6.22. The van der Waals surface area contributed by atoms with Gasteiger partial charge in [0.15, 0.2) is 5.96 Å². The molecule has 1 unspecified atom stereocenters. The van der Waals surface area contributed by atoms with Crippen LogP contribution in [-0.4, -0.2) is 36.4 Å². The summed E-state index contributed by atoms with van der Waals surface area (Å²) >= 11 is 0. The van der Waals surface area contributed by atoms with Gasteiger partial charge in [-0.05, 0) is 49.1 Å². The average Bonchev–Trinajstić information content (AvgIpc) is 3.02. The Hall–Kier alpha value is -2.09. The van der Waals surface area contributed by atoms with E-state index in [4.69, 9.17) is 5.73 Å². The minimum Gasteiger partial charge on any atom is -0.370 e. The second-order valence-corrected chi connectivity index (χ2v) is 7.30. The summed E-state index contributed by atoms with van der Waals surface area (Å²) in [6.07, 6.45) is 1.44. The Balaban J connectivity index is 0.00000280. The molecule has 1 fully saturated rings. The number of hydrogen-bond acceptors (Lipinski definition) is 2. The minimum absolute atomic E-state index is 0. The summed E-state index contributed by atoms with van der Waals surface area (Å²) < 4.78 is 0. The lowest BCUT2D eigenvalue weighted by molar-refractivity contribution is -0.127. The summed E-state index contributed by atoms with van der Waals surface area (Å²) in [6, 6.07) is 16.4. The molecule has 6 heteroatoms. The van der Waals surface area contributed by atoms with E-state index in [0.717, 1.165) is 25.2 Å². The van der Waals surface area contributed by atoms with Gasteiger partial charge in [0.25, 0.3) is 0 Å². The van der Waals surface area contributed by atoms with E-state index >= 15 is 0 Å². The van der Waals surface area contributed by atoms with Crippen molar-refractivity contribution in [1.29, 1.82) is 0 Å². The van der Waals surface area contributed by atoms with Crippen molar-refractivity contribution in [3.63, 3.8) is 0 Å². The third-order valence-electron chi connectivity index (χ3n) is 5.11. The zero-order valence-electron chi connectivity index (χ0n) is 16.5. The van der Waals surface area contributed by atoms with Crippen LogP contribution in [0, 0.1) is 19.8 Å². The molecule has 2 aromatic carbocycles. The molecule has 3 N–H and O–H groups in total. The highest BCUT2D eigenvalue weighted by atomic mass is 127. The van der Waals surface area contributed by atoms with Crippen molar-refractivity contribution in [3.8, 4) is 0 Å². The van der Waals surface area contributed by atoms with E-state index in [1.807, 2.05) is 29.2 Å². The monoisotopic (exact) mass is 492 g/mol. The molecule has 0 saturated carbocycles. The first-order chi connectivity index (χ1) is 13.0. The van der Waals surface area contributed by atoms with Crippen molar-refractivity contribution >= 4 is 41.5 Å². The molecule has 0 aliphatic carbocycles. The van der Waals surface area contributed by atoms with Crippen LogP contribution in [0.4, 0.5) is 5.69 Å². The van der Waals surface area contributed by atoms with Crippen LogP contribution in [0.3, 0.4) is 0 Å².